The Balaban J connectivity index is 1.97. The van der Waals surface area contributed by atoms with Gasteiger partial charge in [-0.1, -0.05) is 28.1 Å². The Morgan fingerprint density at radius 1 is 1.24 bits per heavy atom. The quantitative estimate of drug-likeness (QED) is 0.735. The normalized spacial score (nSPS) is 12.0. The molecule has 1 aromatic carbocycles. The van der Waals surface area contributed by atoms with E-state index in [0.29, 0.717) is 17.9 Å². The van der Waals surface area contributed by atoms with Crippen LogP contribution in [0.3, 0.4) is 0 Å². The minimum Gasteiger partial charge on any atom is -0.544 e. The number of hydrogen-bond donors (Lipinski definition) is 1. The van der Waals surface area contributed by atoms with E-state index in [0.717, 1.165) is 4.47 Å². The van der Waals surface area contributed by atoms with Gasteiger partial charge in [0.1, 0.15) is 12.6 Å². The lowest BCUT2D eigenvalue weighted by molar-refractivity contribution is -0.698. The molecule has 0 fully saturated rings. The lowest BCUT2D eigenvalue weighted by atomic mass is 10.0. The first kappa shape index (κ1) is 15.5. The molecule has 0 aliphatic rings. The van der Waals surface area contributed by atoms with Crippen LogP contribution < -0.4 is 10.4 Å². The van der Waals surface area contributed by atoms with Crippen LogP contribution in [0.1, 0.15) is 22.5 Å². The molecule has 1 aromatic heterocycles. The standard InChI is InChI=1S/C15H14BrNO4/c16-11-5-3-10(4-6-11)14(18)8-13(15(19)20)17-9-12-2-1-7-21-12/h1-7,13,17H,8-9H2,(H,19,20)/t13-/m1/s1. The highest BCUT2D eigenvalue weighted by Gasteiger charge is 2.19. The third-order valence-electron chi connectivity index (χ3n) is 3.06. The van der Waals surface area contributed by atoms with E-state index in [4.69, 9.17) is 4.42 Å². The van der Waals surface area contributed by atoms with Crippen molar-refractivity contribution in [2.45, 2.75) is 19.0 Å². The molecule has 110 valence electrons. The first-order chi connectivity index (χ1) is 10.1. The fourth-order valence-electron chi connectivity index (χ4n) is 1.90. The molecule has 0 radical (unpaired) electrons. The van der Waals surface area contributed by atoms with Crippen molar-refractivity contribution in [1.29, 1.82) is 0 Å². The van der Waals surface area contributed by atoms with Crippen molar-refractivity contribution in [3.63, 3.8) is 0 Å². The van der Waals surface area contributed by atoms with E-state index >= 15 is 0 Å². The SMILES string of the molecule is O=C(C[C@@H]([NH2+]Cc1ccco1)C(=O)[O-])c1ccc(Br)cc1. The zero-order chi connectivity index (χ0) is 15.2. The van der Waals surface area contributed by atoms with Crippen LogP contribution in [0.4, 0.5) is 0 Å². The topological polar surface area (TPSA) is 87.0 Å². The van der Waals surface area contributed by atoms with Gasteiger partial charge in [0.25, 0.3) is 0 Å². The Bertz CT molecular complexity index is 607. The number of carboxylic acid groups (broad SMARTS) is 1. The molecule has 0 spiro atoms. The Morgan fingerprint density at radius 3 is 2.52 bits per heavy atom. The molecule has 1 heterocycles. The number of ketones is 1. The van der Waals surface area contributed by atoms with Gasteiger partial charge in [-0.25, -0.2) is 0 Å². The van der Waals surface area contributed by atoms with Gasteiger partial charge in [-0.15, -0.1) is 0 Å². The van der Waals surface area contributed by atoms with Gasteiger partial charge >= 0.3 is 0 Å². The van der Waals surface area contributed by atoms with Crippen molar-refractivity contribution in [2.75, 3.05) is 0 Å². The van der Waals surface area contributed by atoms with Crippen LogP contribution in [0.15, 0.2) is 51.6 Å². The van der Waals surface area contributed by atoms with Crippen molar-refractivity contribution in [1.82, 2.24) is 0 Å². The molecule has 5 nitrogen and oxygen atoms in total. The highest BCUT2D eigenvalue weighted by atomic mass is 79.9. The summed E-state index contributed by atoms with van der Waals surface area (Å²) in [5.74, 6) is -0.836. The number of Topliss-reactive ketones (excluding diaryl/α,β-unsaturated/α-hetero) is 1. The van der Waals surface area contributed by atoms with Crippen LogP contribution in [-0.2, 0) is 11.3 Å². The summed E-state index contributed by atoms with van der Waals surface area (Å²) in [5.41, 5.74) is 0.482. The summed E-state index contributed by atoms with van der Waals surface area (Å²) in [6.45, 7) is 0.346. The number of carbonyl (C=O) groups excluding carboxylic acids is 2. The van der Waals surface area contributed by atoms with Crippen molar-refractivity contribution in [3.05, 3.63) is 58.5 Å². The molecule has 0 saturated carbocycles. The number of furan rings is 1. The van der Waals surface area contributed by atoms with E-state index in [-0.39, 0.29) is 12.2 Å². The average Bonchev–Trinajstić information content (AvgIpc) is 2.96. The number of benzene rings is 1. The summed E-state index contributed by atoms with van der Waals surface area (Å²) in [4.78, 5) is 23.2. The molecule has 2 aromatic rings. The maximum Gasteiger partial charge on any atom is 0.169 e. The summed E-state index contributed by atoms with van der Waals surface area (Å²) >= 11 is 3.28. The zero-order valence-corrected chi connectivity index (χ0v) is 12.7. The van der Waals surface area contributed by atoms with Crippen LogP contribution >= 0.6 is 15.9 Å². The third-order valence-corrected chi connectivity index (χ3v) is 3.59. The van der Waals surface area contributed by atoms with Crippen LogP contribution in [0.5, 0.6) is 0 Å². The number of carboxylic acids is 1. The van der Waals surface area contributed by atoms with Gasteiger partial charge in [-0.05, 0) is 24.3 Å². The Kier molecular flexibility index (Phi) is 5.30. The van der Waals surface area contributed by atoms with E-state index in [9.17, 15) is 14.7 Å². The molecule has 1 atom stereocenters. The smallest absolute Gasteiger partial charge is 0.169 e. The molecular weight excluding hydrogens is 338 g/mol. The van der Waals surface area contributed by atoms with E-state index in [1.807, 2.05) is 0 Å². The molecular formula is C15H14BrNO4. The fraction of sp³-hybridized carbons (Fsp3) is 0.200. The minimum absolute atomic E-state index is 0.120. The first-order valence-corrected chi connectivity index (χ1v) is 7.21. The van der Waals surface area contributed by atoms with Crippen molar-refractivity contribution < 1.29 is 24.4 Å². The highest BCUT2D eigenvalue weighted by Crippen LogP contribution is 2.12. The summed E-state index contributed by atoms with van der Waals surface area (Å²) in [5, 5.41) is 12.7. The van der Waals surface area contributed by atoms with Gasteiger partial charge in [0.2, 0.25) is 0 Å². The molecule has 0 saturated heterocycles. The van der Waals surface area contributed by atoms with E-state index in [1.54, 1.807) is 36.4 Å². The molecule has 0 unspecified atom stereocenters. The van der Waals surface area contributed by atoms with E-state index in [2.05, 4.69) is 15.9 Å². The summed E-state index contributed by atoms with van der Waals surface area (Å²) in [6, 6.07) is 9.34. The van der Waals surface area contributed by atoms with E-state index < -0.39 is 12.0 Å². The second-order valence-electron chi connectivity index (χ2n) is 4.58. The van der Waals surface area contributed by atoms with Gasteiger partial charge in [0.05, 0.1) is 18.7 Å². The van der Waals surface area contributed by atoms with Gasteiger partial charge in [0, 0.05) is 10.0 Å². The number of aliphatic carboxylic acids is 1. The molecule has 0 bridgehead atoms. The van der Waals surface area contributed by atoms with Crippen molar-refractivity contribution in [3.8, 4) is 0 Å². The second-order valence-corrected chi connectivity index (χ2v) is 5.49. The monoisotopic (exact) mass is 351 g/mol. The maximum absolute atomic E-state index is 12.1. The largest absolute Gasteiger partial charge is 0.544 e. The van der Waals surface area contributed by atoms with Crippen LogP contribution in [0.2, 0.25) is 0 Å². The van der Waals surface area contributed by atoms with E-state index in [1.165, 1.54) is 11.6 Å². The van der Waals surface area contributed by atoms with Crippen molar-refractivity contribution >= 4 is 27.7 Å². The number of halogens is 1. The number of hydrogen-bond acceptors (Lipinski definition) is 4. The fourth-order valence-corrected chi connectivity index (χ4v) is 2.17. The Hall–Kier alpha value is -1.92. The minimum atomic E-state index is -1.26. The Morgan fingerprint density at radius 2 is 1.95 bits per heavy atom. The Labute approximate surface area is 130 Å². The van der Waals surface area contributed by atoms with Crippen LogP contribution in [0.25, 0.3) is 0 Å². The van der Waals surface area contributed by atoms with Gasteiger partial charge in [0.15, 0.2) is 11.5 Å². The molecule has 0 aliphatic carbocycles. The number of rotatable bonds is 7. The van der Waals surface area contributed by atoms with Crippen LogP contribution in [-0.4, -0.2) is 17.8 Å². The first-order valence-electron chi connectivity index (χ1n) is 6.41. The summed E-state index contributed by atoms with van der Waals surface area (Å²) < 4.78 is 5.99. The number of carbonyl (C=O) groups is 2. The predicted octanol–water partition coefficient (Wildman–Crippen LogP) is 0.497. The average molecular weight is 352 g/mol. The summed E-state index contributed by atoms with van der Waals surface area (Å²) in [7, 11) is 0. The molecule has 2 N–H and O–H groups in total. The molecule has 0 aliphatic heterocycles. The number of quaternary nitrogens is 1. The molecule has 0 amide bonds. The molecule has 2 rings (SSSR count). The maximum atomic E-state index is 12.1. The van der Waals surface area contributed by atoms with Crippen LogP contribution in [0, 0.1) is 0 Å². The zero-order valence-electron chi connectivity index (χ0n) is 11.1. The third kappa shape index (κ3) is 4.54. The molecule has 21 heavy (non-hydrogen) atoms. The summed E-state index contributed by atoms with van der Waals surface area (Å²) in [6.07, 6.45) is 1.40. The van der Waals surface area contributed by atoms with Crippen molar-refractivity contribution in [2.24, 2.45) is 0 Å². The second kappa shape index (κ2) is 7.19. The molecule has 6 heteroatoms. The lowest BCUT2D eigenvalue weighted by Crippen LogP contribution is -2.92. The van der Waals surface area contributed by atoms with Gasteiger partial charge in [-0.3, -0.25) is 4.79 Å². The number of nitrogens with two attached hydrogens (primary N) is 1. The lowest BCUT2D eigenvalue weighted by Gasteiger charge is -2.15. The predicted molar refractivity (Wildman–Crippen MR) is 76.2 cm³/mol. The van der Waals surface area contributed by atoms with Gasteiger partial charge in [-0.2, -0.15) is 0 Å². The highest BCUT2D eigenvalue weighted by molar-refractivity contribution is 9.10. The van der Waals surface area contributed by atoms with Gasteiger partial charge < -0.3 is 19.6 Å².